The lowest BCUT2D eigenvalue weighted by molar-refractivity contribution is -0.129. The lowest BCUT2D eigenvalue weighted by Gasteiger charge is -2.07. The number of hydrogen-bond donors (Lipinski definition) is 1. The Hall–Kier alpha value is -1.19. The molecule has 116 valence electrons. The van der Waals surface area contributed by atoms with E-state index in [1.54, 1.807) is 12.1 Å². The van der Waals surface area contributed by atoms with E-state index in [1.165, 1.54) is 23.5 Å². The molecule has 1 aromatic carbocycles. The summed E-state index contributed by atoms with van der Waals surface area (Å²) < 4.78 is 74.8. The molecule has 1 N–H and O–H groups in total. The zero-order chi connectivity index (χ0) is 15.7. The maximum Gasteiger partial charge on any atom is 0.390 e. The second kappa shape index (κ2) is 5.90. The molecule has 1 aromatic heterocycles. The molecule has 3 nitrogen and oxygen atoms in total. The van der Waals surface area contributed by atoms with Crippen molar-refractivity contribution in [3.8, 4) is 0 Å². The molecule has 0 atom stereocenters. The second-order valence-electron chi connectivity index (χ2n) is 4.40. The summed E-state index contributed by atoms with van der Waals surface area (Å²) in [4.78, 5) is 0.603. The number of sulfonamides is 1. The molecule has 0 unspecified atom stereocenters. The van der Waals surface area contributed by atoms with Crippen LogP contribution in [0.4, 0.5) is 17.6 Å². The van der Waals surface area contributed by atoms with E-state index < -0.39 is 34.2 Å². The average Bonchev–Trinajstić information content (AvgIpc) is 2.76. The fourth-order valence-electron chi connectivity index (χ4n) is 1.66. The minimum absolute atomic E-state index is 0.110. The number of nitrogens with one attached hydrogen (secondary N) is 1. The summed E-state index contributed by atoms with van der Waals surface area (Å²) in [6.07, 6.45) is -5.90. The Morgan fingerprint density at radius 1 is 1.19 bits per heavy atom. The van der Waals surface area contributed by atoms with Gasteiger partial charge in [0.1, 0.15) is 5.82 Å². The van der Waals surface area contributed by atoms with Gasteiger partial charge in [-0.25, -0.2) is 17.5 Å². The normalized spacial score (nSPS) is 13.0. The summed E-state index contributed by atoms with van der Waals surface area (Å²) in [5, 5.41) is 0.629. The van der Waals surface area contributed by atoms with Gasteiger partial charge in [-0.1, -0.05) is 0 Å². The molecule has 0 spiro atoms. The highest BCUT2D eigenvalue weighted by Gasteiger charge is 2.29. The summed E-state index contributed by atoms with van der Waals surface area (Å²) in [6.45, 7) is -0.110. The minimum Gasteiger partial charge on any atom is -0.212 e. The summed E-state index contributed by atoms with van der Waals surface area (Å²) in [5.74, 6) is -1.41. The van der Waals surface area contributed by atoms with Gasteiger partial charge in [-0.2, -0.15) is 13.2 Å². The van der Waals surface area contributed by atoms with Crippen molar-refractivity contribution in [2.24, 2.45) is 0 Å². The first-order valence-corrected chi connectivity index (χ1v) is 8.34. The Morgan fingerprint density at radius 2 is 1.90 bits per heavy atom. The SMILES string of the molecule is O=S(=O)(CCC(F)(F)F)NCc1cc2cc(F)ccc2s1. The van der Waals surface area contributed by atoms with Crippen molar-refractivity contribution in [2.75, 3.05) is 5.75 Å². The number of benzene rings is 1. The van der Waals surface area contributed by atoms with Gasteiger partial charge in [0.15, 0.2) is 0 Å². The highest BCUT2D eigenvalue weighted by molar-refractivity contribution is 7.89. The number of hydrogen-bond acceptors (Lipinski definition) is 3. The van der Waals surface area contributed by atoms with Crippen LogP contribution in [0.5, 0.6) is 0 Å². The second-order valence-corrected chi connectivity index (χ2v) is 7.49. The van der Waals surface area contributed by atoms with E-state index >= 15 is 0 Å². The Labute approximate surface area is 122 Å². The van der Waals surface area contributed by atoms with Crippen LogP contribution in [0.25, 0.3) is 10.1 Å². The molecule has 2 aromatic rings. The van der Waals surface area contributed by atoms with Crippen LogP contribution in [0.15, 0.2) is 24.3 Å². The first-order valence-electron chi connectivity index (χ1n) is 5.87. The number of halogens is 4. The summed E-state index contributed by atoms with van der Waals surface area (Å²) >= 11 is 1.25. The minimum atomic E-state index is -4.51. The van der Waals surface area contributed by atoms with Gasteiger partial charge >= 0.3 is 6.18 Å². The summed E-state index contributed by atoms with van der Waals surface area (Å²) in [6, 6.07) is 5.77. The van der Waals surface area contributed by atoms with Gasteiger partial charge in [0.25, 0.3) is 0 Å². The molecule has 0 aliphatic carbocycles. The number of rotatable bonds is 5. The molecular weight excluding hydrogens is 330 g/mol. The Morgan fingerprint density at radius 3 is 2.57 bits per heavy atom. The molecule has 21 heavy (non-hydrogen) atoms. The number of thiophene rings is 1. The average molecular weight is 341 g/mol. The van der Waals surface area contributed by atoms with Crippen molar-refractivity contribution >= 4 is 31.4 Å². The van der Waals surface area contributed by atoms with E-state index in [9.17, 15) is 26.0 Å². The summed E-state index contributed by atoms with van der Waals surface area (Å²) in [5.41, 5.74) is 0. The molecule has 0 bridgehead atoms. The molecule has 1 heterocycles. The highest BCUT2D eigenvalue weighted by Crippen LogP contribution is 2.26. The Bertz CT molecular complexity index is 737. The van der Waals surface area contributed by atoms with E-state index in [-0.39, 0.29) is 6.54 Å². The van der Waals surface area contributed by atoms with Crippen molar-refractivity contribution in [1.29, 1.82) is 0 Å². The van der Waals surface area contributed by atoms with Gasteiger partial charge in [0.05, 0.1) is 12.2 Å². The van der Waals surface area contributed by atoms with Gasteiger partial charge < -0.3 is 0 Å². The van der Waals surface area contributed by atoms with Crippen LogP contribution in [-0.2, 0) is 16.6 Å². The zero-order valence-electron chi connectivity index (χ0n) is 10.6. The molecule has 0 saturated heterocycles. The predicted molar refractivity (Wildman–Crippen MR) is 73.1 cm³/mol. The molecule has 9 heteroatoms. The number of alkyl halides is 3. The Balaban J connectivity index is 2.00. The third-order valence-corrected chi connectivity index (χ3v) is 5.09. The molecule has 0 fully saturated rings. The molecule has 0 aliphatic rings. The monoisotopic (exact) mass is 341 g/mol. The maximum absolute atomic E-state index is 13.0. The lowest BCUT2D eigenvalue weighted by atomic mass is 10.2. The van der Waals surface area contributed by atoms with Gasteiger partial charge in [-0.3, -0.25) is 0 Å². The van der Waals surface area contributed by atoms with Gasteiger partial charge in [0, 0.05) is 16.1 Å². The van der Waals surface area contributed by atoms with Crippen molar-refractivity contribution in [2.45, 2.75) is 19.1 Å². The van der Waals surface area contributed by atoms with Crippen molar-refractivity contribution in [3.63, 3.8) is 0 Å². The van der Waals surface area contributed by atoms with Crippen LogP contribution in [0.3, 0.4) is 0 Å². The molecule has 0 radical (unpaired) electrons. The van der Waals surface area contributed by atoms with E-state index in [4.69, 9.17) is 0 Å². The lowest BCUT2D eigenvalue weighted by Crippen LogP contribution is -2.28. The smallest absolute Gasteiger partial charge is 0.212 e. The summed E-state index contributed by atoms with van der Waals surface area (Å²) in [7, 11) is -4.00. The highest BCUT2D eigenvalue weighted by atomic mass is 32.2. The van der Waals surface area contributed by atoms with Crippen molar-refractivity contribution in [3.05, 3.63) is 35.0 Å². The fourth-order valence-corrected chi connectivity index (χ4v) is 3.76. The van der Waals surface area contributed by atoms with Crippen LogP contribution in [-0.4, -0.2) is 20.3 Å². The maximum atomic E-state index is 13.0. The predicted octanol–water partition coefficient (Wildman–Crippen LogP) is 3.41. The first-order chi connectivity index (χ1) is 9.65. The zero-order valence-corrected chi connectivity index (χ0v) is 12.2. The molecule has 2 rings (SSSR count). The first kappa shape index (κ1) is 16.2. The van der Waals surface area contributed by atoms with Gasteiger partial charge in [0.2, 0.25) is 10.0 Å². The van der Waals surface area contributed by atoms with Crippen molar-refractivity contribution < 1.29 is 26.0 Å². The van der Waals surface area contributed by atoms with Crippen molar-refractivity contribution in [1.82, 2.24) is 4.72 Å². The van der Waals surface area contributed by atoms with Crippen LogP contribution in [0, 0.1) is 5.82 Å². The Kier molecular flexibility index (Phi) is 4.54. The topological polar surface area (TPSA) is 46.2 Å². The molecule has 0 saturated carbocycles. The van der Waals surface area contributed by atoms with E-state index in [0.717, 1.165) is 4.70 Å². The number of fused-ring (bicyclic) bond motifs is 1. The van der Waals surface area contributed by atoms with Crippen LogP contribution < -0.4 is 4.72 Å². The largest absolute Gasteiger partial charge is 0.390 e. The molecule has 0 amide bonds. The van der Waals surface area contributed by atoms with E-state index in [1.807, 2.05) is 0 Å². The quantitative estimate of drug-likeness (QED) is 0.847. The third-order valence-electron chi connectivity index (χ3n) is 2.65. The fraction of sp³-hybridized carbons (Fsp3) is 0.333. The van der Waals surface area contributed by atoms with E-state index in [2.05, 4.69) is 4.72 Å². The van der Waals surface area contributed by atoms with Gasteiger partial charge in [-0.15, -0.1) is 11.3 Å². The van der Waals surface area contributed by atoms with Crippen LogP contribution >= 0.6 is 11.3 Å². The standard InChI is InChI=1S/C12H11F4NO2S2/c13-9-1-2-11-8(5-9)6-10(20-11)7-17-21(18,19)4-3-12(14,15)16/h1-2,5-6,17H,3-4,7H2. The molecule has 0 aliphatic heterocycles. The van der Waals surface area contributed by atoms with Crippen LogP contribution in [0.2, 0.25) is 0 Å². The molecular formula is C12H11F4NO2S2. The third kappa shape index (κ3) is 4.94. The van der Waals surface area contributed by atoms with Crippen LogP contribution in [0.1, 0.15) is 11.3 Å². The van der Waals surface area contributed by atoms with E-state index in [0.29, 0.717) is 10.3 Å². The van der Waals surface area contributed by atoms with Gasteiger partial charge in [-0.05, 0) is 29.7 Å².